The third-order valence-corrected chi connectivity index (χ3v) is 8.67. The summed E-state index contributed by atoms with van der Waals surface area (Å²) in [6.45, 7) is 6.15. The Morgan fingerprint density at radius 1 is 1.11 bits per heavy atom. The van der Waals surface area contributed by atoms with Crippen molar-refractivity contribution in [2.75, 3.05) is 38.6 Å². The Bertz CT molecular complexity index is 929. The fourth-order valence-electron chi connectivity index (χ4n) is 6.34. The number of aliphatic hydroxyl groups excluding tert-OH is 1. The third-order valence-electron chi connectivity index (χ3n) is 8.67. The molecule has 4 rings (SSSR count). The molecule has 0 radical (unpaired) electrons. The summed E-state index contributed by atoms with van der Waals surface area (Å²) in [5, 5.41) is 16.0. The number of hydrogen-bond acceptors (Lipinski definition) is 5. The van der Waals surface area contributed by atoms with Crippen LogP contribution in [0, 0.1) is 11.8 Å². The number of amides is 3. The number of carbonyl (C=O) groups is 2. The number of likely N-dealkylation sites (N-methyl/N-ethyl adjacent to an activating group) is 1. The first-order valence-corrected chi connectivity index (χ1v) is 14.8. The summed E-state index contributed by atoms with van der Waals surface area (Å²) >= 11 is 0. The van der Waals surface area contributed by atoms with Gasteiger partial charge in [0.15, 0.2) is 5.75 Å². The van der Waals surface area contributed by atoms with Gasteiger partial charge >= 0.3 is 6.03 Å². The maximum absolute atomic E-state index is 13.7. The van der Waals surface area contributed by atoms with Gasteiger partial charge in [-0.1, -0.05) is 51.5 Å². The number of hydrogen-bond donors (Lipinski definition) is 3. The predicted octanol–water partition coefficient (Wildman–Crippen LogP) is 4.87. The summed E-state index contributed by atoms with van der Waals surface area (Å²) < 4.78 is 6.67. The summed E-state index contributed by atoms with van der Waals surface area (Å²) in [7, 11) is 2.16. The first-order valence-electron chi connectivity index (χ1n) is 14.8. The molecular formula is C30H48N4O4. The lowest BCUT2D eigenvalue weighted by atomic mass is 9.89. The minimum absolute atomic E-state index is 0.0408. The molecule has 3 amide bonds. The number of aliphatic hydroxyl groups is 1. The molecule has 212 valence electrons. The predicted molar refractivity (Wildman–Crippen MR) is 151 cm³/mol. The first kappa shape index (κ1) is 28.7. The van der Waals surface area contributed by atoms with Crippen molar-refractivity contribution in [3.05, 3.63) is 23.8 Å². The van der Waals surface area contributed by atoms with Gasteiger partial charge in [-0.15, -0.1) is 0 Å². The van der Waals surface area contributed by atoms with Gasteiger partial charge < -0.3 is 30.3 Å². The Morgan fingerprint density at radius 3 is 2.47 bits per heavy atom. The van der Waals surface area contributed by atoms with E-state index in [1.807, 2.05) is 6.92 Å². The number of fused-ring (bicyclic) bond motifs is 1. The number of benzene rings is 1. The van der Waals surface area contributed by atoms with Gasteiger partial charge in [-0.05, 0) is 57.7 Å². The summed E-state index contributed by atoms with van der Waals surface area (Å²) in [4.78, 5) is 30.8. The molecule has 1 aromatic rings. The van der Waals surface area contributed by atoms with Crippen molar-refractivity contribution in [1.82, 2.24) is 15.1 Å². The van der Waals surface area contributed by atoms with Crippen molar-refractivity contribution in [3.63, 3.8) is 0 Å². The molecule has 1 aromatic carbocycles. The smallest absolute Gasteiger partial charge is 0.319 e. The van der Waals surface area contributed by atoms with Gasteiger partial charge in [0.05, 0.1) is 23.9 Å². The van der Waals surface area contributed by atoms with Gasteiger partial charge in [0, 0.05) is 31.6 Å². The molecule has 3 N–H and O–H groups in total. The molecule has 1 aliphatic heterocycles. The Balaban J connectivity index is 1.57. The zero-order valence-electron chi connectivity index (χ0n) is 23.6. The number of anilines is 1. The summed E-state index contributed by atoms with van der Waals surface area (Å²) in [5.41, 5.74) is 0.933. The molecule has 8 nitrogen and oxygen atoms in total. The van der Waals surface area contributed by atoms with Crippen molar-refractivity contribution < 1.29 is 19.4 Å². The molecule has 2 fully saturated rings. The molecule has 0 saturated heterocycles. The van der Waals surface area contributed by atoms with Crippen LogP contribution < -0.4 is 15.4 Å². The van der Waals surface area contributed by atoms with Crippen molar-refractivity contribution in [3.8, 4) is 5.75 Å². The van der Waals surface area contributed by atoms with Crippen LogP contribution in [0.3, 0.4) is 0 Å². The molecular weight excluding hydrogens is 480 g/mol. The molecule has 8 heteroatoms. The van der Waals surface area contributed by atoms with Crippen LogP contribution in [0.15, 0.2) is 18.2 Å². The van der Waals surface area contributed by atoms with E-state index in [4.69, 9.17) is 4.74 Å². The lowest BCUT2D eigenvalue weighted by Gasteiger charge is -2.39. The molecule has 38 heavy (non-hydrogen) atoms. The second kappa shape index (κ2) is 13.7. The highest BCUT2D eigenvalue weighted by Gasteiger charge is 2.35. The number of ether oxygens (including phenoxy) is 1. The van der Waals surface area contributed by atoms with Crippen molar-refractivity contribution in [2.45, 2.75) is 96.2 Å². The summed E-state index contributed by atoms with van der Waals surface area (Å²) in [6.07, 6.45) is 11.9. The van der Waals surface area contributed by atoms with Crippen molar-refractivity contribution >= 4 is 17.6 Å². The van der Waals surface area contributed by atoms with Gasteiger partial charge in [0.1, 0.15) is 6.10 Å². The second-order valence-electron chi connectivity index (χ2n) is 12.0. The van der Waals surface area contributed by atoms with E-state index in [1.165, 1.54) is 38.5 Å². The fourth-order valence-corrected chi connectivity index (χ4v) is 6.34. The van der Waals surface area contributed by atoms with Gasteiger partial charge in [0.2, 0.25) is 0 Å². The lowest BCUT2D eigenvalue weighted by molar-refractivity contribution is 0.0333. The van der Waals surface area contributed by atoms with E-state index in [0.717, 1.165) is 44.7 Å². The van der Waals surface area contributed by atoms with Crippen LogP contribution in [0.25, 0.3) is 0 Å². The standard InChI is InChI=1S/C30H48N4O4/c1-21-17-34(22(2)20-35)29(36)25-15-10-16-26(32-30(37)31-24-13-8-5-9-14-24)28(25)38-27(21)19-33(3)18-23-11-6-4-7-12-23/h10,15-16,21-24,27,35H,4-9,11-14,17-20H2,1-3H3,(H2,31,32,37). The van der Waals surface area contributed by atoms with Crippen LogP contribution in [0.5, 0.6) is 5.75 Å². The van der Waals surface area contributed by atoms with Crippen LogP contribution in [0.2, 0.25) is 0 Å². The largest absolute Gasteiger partial charge is 0.486 e. The molecule has 0 spiro atoms. The average molecular weight is 529 g/mol. The van der Waals surface area contributed by atoms with E-state index in [2.05, 4.69) is 29.5 Å². The zero-order chi connectivity index (χ0) is 27.1. The summed E-state index contributed by atoms with van der Waals surface area (Å²) in [5.74, 6) is 1.00. The molecule has 0 aromatic heterocycles. The highest BCUT2D eigenvalue weighted by Crippen LogP contribution is 2.35. The Kier molecular flexibility index (Phi) is 10.3. The van der Waals surface area contributed by atoms with Gasteiger partial charge in [-0.2, -0.15) is 0 Å². The minimum atomic E-state index is -0.317. The first-order chi connectivity index (χ1) is 18.4. The van der Waals surface area contributed by atoms with Gasteiger partial charge in [-0.25, -0.2) is 4.79 Å². The van der Waals surface area contributed by atoms with Crippen LogP contribution in [0.1, 0.15) is 88.4 Å². The average Bonchev–Trinajstić information content (AvgIpc) is 2.91. The number of urea groups is 1. The topological polar surface area (TPSA) is 94.1 Å². The van der Waals surface area contributed by atoms with Crippen LogP contribution in [-0.2, 0) is 0 Å². The number of nitrogens with one attached hydrogen (secondary N) is 2. The highest BCUT2D eigenvalue weighted by atomic mass is 16.5. The third kappa shape index (κ3) is 7.41. The van der Waals surface area contributed by atoms with E-state index < -0.39 is 0 Å². The molecule has 2 aliphatic carbocycles. The van der Waals surface area contributed by atoms with Crippen molar-refractivity contribution in [2.24, 2.45) is 11.8 Å². The summed E-state index contributed by atoms with van der Waals surface area (Å²) in [6, 6.07) is 4.96. The SMILES string of the molecule is CC1CN(C(C)CO)C(=O)c2cccc(NC(=O)NC3CCCCC3)c2OC1CN(C)CC1CCCCC1. The highest BCUT2D eigenvalue weighted by molar-refractivity contribution is 6.01. The molecule has 0 bridgehead atoms. The van der Waals surface area contributed by atoms with Gasteiger partial charge in [-0.3, -0.25) is 4.79 Å². The van der Waals surface area contributed by atoms with Crippen LogP contribution in [0.4, 0.5) is 10.5 Å². The Morgan fingerprint density at radius 2 is 1.79 bits per heavy atom. The lowest BCUT2D eigenvalue weighted by Crippen LogP contribution is -2.50. The maximum atomic E-state index is 13.7. The van der Waals surface area contributed by atoms with Crippen molar-refractivity contribution in [1.29, 1.82) is 0 Å². The van der Waals surface area contributed by atoms with E-state index in [-0.39, 0.29) is 42.7 Å². The van der Waals surface area contributed by atoms with Crippen LogP contribution >= 0.6 is 0 Å². The number of nitrogens with zero attached hydrogens (tertiary/aromatic N) is 2. The zero-order valence-corrected chi connectivity index (χ0v) is 23.6. The van der Waals surface area contributed by atoms with E-state index in [1.54, 1.807) is 23.1 Å². The molecule has 2 saturated carbocycles. The Hall–Kier alpha value is -2.32. The van der Waals surface area contributed by atoms with E-state index >= 15 is 0 Å². The molecule has 3 aliphatic rings. The molecule has 3 atom stereocenters. The van der Waals surface area contributed by atoms with E-state index in [9.17, 15) is 14.7 Å². The minimum Gasteiger partial charge on any atom is -0.486 e. The quantitative estimate of drug-likeness (QED) is 0.447. The number of carbonyl (C=O) groups excluding carboxylic acids is 2. The monoisotopic (exact) mass is 528 g/mol. The van der Waals surface area contributed by atoms with Gasteiger partial charge in [0.25, 0.3) is 5.91 Å². The van der Waals surface area contributed by atoms with Crippen LogP contribution in [-0.4, -0.2) is 78.3 Å². The Labute approximate surface area is 228 Å². The molecule has 3 unspecified atom stereocenters. The number of para-hydroxylation sites is 1. The maximum Gasteiger partial charge on any atom is 0.319 e. The van der Waals surface area contributed by atoms with E-state index in [0.29, 0.717) is 23.5 Å². The normalized spacial score (nSPS) is 24.2. The fraction of sp³-hybridized carbons (Fsp3) is 0.733. The number of rotatable bonds is 8. The second-order valence-corrected chi connectivity index (χ2v) is 12.0. The molecule has 1 heterocycles.